The van der Waals surface area contributed by atoms with Crippen LogP contribution in [-0.2, 0) is 7.05 Å². The number of aryl methyl sites for hydroxylation is 1. The standard InChI is InChI=1S/C21H14FIN4O6/c1-10-17(33-13-5-3-4-12(9-13)27(31)32)16-18(28)24-21(30)26(19(16)25(2)20(10)29)15-7-6-11(23)8-14(15)22/h3-9H,1-2H3,(H,24,28,30). The average molecular weight is 564 g/mol. The van der Waals surface area contributed by atoms with Crippen LogP contribution in [0, 0.1) is 26.4 Å². The highest BCUT2D eigenvalue weighted by Crippen LogP contribution is 2.31. The minimum absolute atomic E-state index is 0.000511. The van der Waals surface area contributed by atoms with Gasteiger partial charge in [0.2, 0.25) is 0 Å². The second-order valence-corrected chi connectivity index (χ2v) is 8.31. The number of ether oxygens (including phenoxy) is 1. The minimum atomic E-state index is -0.951. The highest BCUT2D eigenvalue weighted by Gasteiger charge is 2.23. The Balaban J connectivity index is 2.11. The van der Waals surface area contributed by atoms with Gasteiger partial charge >= 0.3 is 5.69 Å². The van der Waals surface area contributed by atoms with Crippen LogP contribution in [0.3, 0.4) is 0 Å². The lowest BCUT2D eigenvalue weighted by Crippen LogP contribution is -2.35. The van der Waals surface area contributed by atoms with Gasteiger partial charge in [0, 0.05) is 16.7 Å². The fourth-order valence-electron chi connectivity index (χ4n) is 3.47. The van der Waals surface area contributed by atoms with Crippen LogP contribution in [-0.4, -0.2) is 19.0 Å². The highest BCUT2D eigenvalue weighted by molar-refractivity contribution is 14.1. The van der Waals surface area contributed by atoms with Gasteiger partial charge in [-0.2, -0.15) is 0 Å². The smallest absolute Gasteiger partial charge is 0.334 e. The molecule has 0 atom stereocenters. The van der Waals surface area contributed by atoms with Crippen LogP contribution in [0.1, 0.15) is 5.56 Å². The van der Waals surface area contributed by atoms with Crippen LogP contribution < -0.4 is 21.5 Å². The molecule has 0 saturated heterocycles. The summed E-state index contributed by atoms with van der Waals surface area (Å²) in [5.41, 5.74) is -3.03. The summed E-state index contributed by atoms with van der Waals surface area (Å²) in [6, 6.07) is 9.30. The summed E-state index contributed by atoms with van der Waals surface area (Å²) >= 11 is 1.91. The molecule has 4 aromatic rings. The lowest BCUT2D eigenvalue weighted by molar-refractivity contribution is -0.384. The number of hydrogen-bond donors (Lipinski definition) is 1. The molecule has 0 bridgehead atoms. The normalized spacial score (nSPS) is 11.0. The Hall–Kier alpha value is -3.81. The summed E-state index contributed by atoms with van der Waals surface area (Å²) in [6.45, 7) is 1.41. The van der Waals surface area contributed by atoms with E-state index in [2.05, 4.69) is 4.98 Å². The first-order valence-corrected chi connectivity index (χ1v) is 10.4. The van der Waals surface area contributed by atoms with Crippen molar-refractivity contribution in [3.63, 3.8) is 0 Å². The predicted octanol–water partition coefficient (Wildman–Crippen LogP) is 3.13. The van der Waals surface area contributed by atoms with Crippen molar-refractivity contribution in [3.05, 3.63) is 98.7 Å². The predicted molar refractivity (Wildman–Crippen MR) is 126 cm³/mol. The molecule has 2 aromatic heterocycles. The Morgan fingerprint density at radius 2 is 1.88 bits per heavy atom. The zero-order chi connectivity index (χ0) is 24.0. The molecule has 0 unspecified atom stereocenters. The summed E-state index contributed by atoms with van der Waals surface area (Å²) in [5.74, 6) is -0.944. The van der Waals surface area contributed by atoms with Crippen molar-refractivity contribution in [2.75, 3.05) is 0 Å². The first-order valence-electron chi connectivity index (χ1n) is 9.36. The number of benzene rings is 2. The number of nitro groups is 1. The van der Waals surface area contributed by atoms with Gasteiger partial charge in [0.15, 0.2) is 5.75 Å². The fraction of sp³-hybridized carbons (Fsp3) is 0.0952. The molecule has 2 heterocycles. The number of aromatic amines is 1. The second-order valence-electron chi connectivity index (χ2n) is 7.06. The number of rotatable bonds is 4. The number of halogens is 2. The molecule has 0 aliphatic heterocycles. The number of nitro benzene ring substituents is 1. The molecular formula is C21H14FIN4O6. The Kier molecular flexibility index (Phi) is 5.61. The lowest BCUT2D eigenvalue weighted by atomic mass is 10.2. The highest BCUT2D eigenvalue weighted by atomic mass is 127. The van der Waals surface area contributed by atoms with Crippen molar-refractivity contribution < 1.29 is 14.1 Å². The number of H-pyrrole nitrogens is 1. The molecule has 0 amide bonds. The van der Waals surface area contributed by atoms with E-state index in [4.69, 9.17) is 4.74 Å². The molecule has 0 radical (unpaired) electrons. The Labute approximate surface area is 197 Å². The van der Waals surface area contributed by atoms with Crippen LogP contribution in [0.2, 0.25) is 0 Å². The molecule has 12 heteroatoms. The number of nitrogens with one attached hydrogen (secondary N) is 1. The van der Waals surface area contributed by atoms with E-state index < -0.39 is 27.5 Å². The Morgan fingerprint density at radius 1 is 1.15 bits per heavy atom. The summed E-state index contributed by atoms with van der Waals surface area (Å²) in [6.07, 6.45) is 0. The van der Waals surface area contributed by atoms with Crippen LogP contribution in [0.4, 0.5) is 10.1 Å². The molecule has 0 aliphatic rings. The summed E-state index contributed by atoms with van der Waals surface area (Å²) < 4.78 is 23.1. The van der Waals surface area contributed by atoms with Gasteiger partial charge in [-0.15, -0.1) is 0 Å². The van der Waals surface area contributed by atoms with Crippen LogP contribution in [0.15, 0.2) is 56.8 Å². The van der Waals surface area contributed by atoms with Crippen LogP contribution >= 0.6 is 22.6 Å². The number of aromatic nitrogens is 3. The Bertz CT molecular complexity index is 1640. The summed E-state index contributed by atoms with van der Waals surface area (Å²) in [4.78, 5) is 51.2. The second kappa shape index (κ2) is 8.27. The van der Waals surface area contributed by atoms with Gasteiger partial charge in [-0.05, 0) is 53.8 Å². The molecule has 0 spiro atoms. The van der Waals surface area contributed by atoms with Crippen molar-refractivity contribution in [3.8, 4) is 17.2 Å². The molecule has 1 N–H and O–H groups in total. The molecular weight excluding hydrogens is 550 g/mol. The van der Waals surface area contributed by atoms with Gasteiger partial charge in [0.25, 0.3) is 16.8 Å². The average Bonchev–Trinajstić information content (AvgIpc) is 2.76. The molecule has 0 saturated carbocycles. The lowest BCUT2D eigenvalue weighted by Gasteiger charge is -2.17. The first kappa shape index (κ1) is 22.4. The quantitative estimate of drug-likeness (QED) is 0.231. The van der Waals surface area contributed by atoms with E-state index in [0.717, 1.165) is 15.2 Å². The van der Waals surface area contributed by atoms with Crippen molar-refractivity contribution in [1.82, 2.24) is 14.1 Å². The topological polar surface area (TPSA) is 129 Å². The van der Waals surface area contributed by atoms with E-state index in [1.54, 1.807) is 6.07 Å². The summed E-state index contributed by atoms with van der Waals surface area (Å²) in [7, 11) is 1.34. The third-order valence-corrected chi connectivity index (χ3v) is 5.67. The van der Waals surface area contributed by atoms with Gasteiger partial charge in [-0.3, -0.25) is 29.3 Å². The third-order valence-electron chi connectivity index (χ3n) is 5.00. The summed E-state index contributed by atoms with van der Waals surface area (Å²) in [5, 5.41) is 10.9. The molecule has 0 aliphatic carbocycles. The number of hydrogen-bond acceptors (Lipinski definition) is 6. The van der Waals surface area contributed by atoms with Crippen molar-refractivity contribution in [2.45, 2.75) is 6.92 Å². The van der Waals surface area contributed by atoms with Gasteiger partial charge < -0.3 is 4.74 Å². The molecule has 168 valence electrons. The van der Waals surface area contributed by atoms with E-state index in [1.165, 1.54) is 44.3 Å². The molecule has 0 fully saturated rings. The van der Waals surface area contributed by atoms with E-state index in [1.807, 2.05) is 22.6 Å². The van der Waals surface area contributed by atoms with E-state index in [-0.39, 0.29) is 39.5 Å². The van der Waals surface area contributed by atoms with Crippen molar-refractivity contribution in [1.29, 1.82) is 0 Å². The SMILES string of the molecule is Cc1c(Oc2cccc([N+](=O)[O-])c2)c2c(=O)[nH]c(=O)n(-c3ccc(I)cc3F)c2n(C)c1=O. The largest absolute Gasteiger partial charge is 0.456 e. The molecule has 2 aromatic carbocycles. The van der Waals surface area contributed by atoms with Crippen LogP contribution in [0.25, 0.3) is 16.7 Å². The van der Waals surface area contributed by atoms with Gasteiger partial charge in [-0.1, -0.05) is 6.07 Å². The third kappa shape index (κ3) is 3.82. The molecule has 10 nitrogen and oxygen atoms in total. The van der Waals surface area contributed by atoms with Crippen LogP contribution in [0.5, 0.6) is 11.5 Å². The Morgan fingerprint density at radius 3 is 2.55 bits per heavy atom. The van der Waals surface area contributed by atoms with Gasteiger partial charge in [-0.25, -0.2) is 13.8 Å². The molecule has 4 rings (SSSR count). The first-order chi connectivity index (χ1) is 15.6. The minimum Gasteiger partial charge on any atom is -0.456 e. The van der Waals surface area contributed by atoms with E-state index >= 15 is 0 Å². The number of non-ortho nitro benzene ring substituents is 1. The zero-order valence-corrected chi connectivity index (χ0v) is 19.2. The maximum absolute atomic E-state index is 14.8. The molecule has 33 heavy (non-hydrogen) atoms. The maximum atomic E-state index is 14.8. The zero-order valence-electron chi connectivity index (χ0n) is 17.1. The van der Waals surface area contributed by atoms with E-state index in [0.29, 0.717) is 3.57 Å². The van der Waals surface area contributed by atoms with Crippen molar-refractivity contribution >= 4 is 39.3 Å². The number of fused-ring (bicyclic) bond motifs is 1. The monoisotopic (exact) mass is 564 g/mol. The van der Waals surface area contributed by atoms with Crippen molar-refractivity contribution in [2.24, 2.45) is 7.05 Å². The number of nitrogens with zero attached hydrogens (tertiary/aromatic N) is 3. The van der Waals surface area contributed by atoms with Gasteiger partial charge in [0.05, 0.1) is 22.2 Å². The fourth-order valence-corrected chi connectivity index (χ4v) is 3.93. The maximum Gasteiger partial charge on any atom is 0.334 e. The van der Waals surface area contributed by atoms with Gasteiger partial charge in [0.1, 0.15) is 22.6 Å². The van der Waals surface area contributed by atoms with E-state index in [9.17, 15) is 28.9 Å². The number of pyridine rings is 1.